The van der Waals surface area contributed by atoms with Gasteiger partial charge in [-0.05, 0) is 42.8 Å². The summed E-state index contributed by atoms with van der Waals surface area (Å²) in [6.07, 6.45) is 2.55. The Kier molecular flexibility index (Phi) is 6.25. The van der Waals surface area contributed by atoms with Crippen LogP contribution >= 0.6 is 0 Å². The van der Waals surface area contributed by atoms with Gasteiger partial charge in [-0.25, -0.2) is 4.79 Å². The first-order chi connectivity index (χ1) is 15.1. The van der Waals surface area contributed by atoms with Gasteiger partial charge in [-0.1, -0.05) is 29.8 Å². The molecule has 166 valence electrons. The molecular formula is C20H17N3O8S. The summed E-state index contributed by atoms with van der Waals surface area (Å²) >= 11 is 0. The highest BCUT2D eigenvalue weighted by Gasteiger charge is 2.20. The van der Waals surface area contributed by atoms with Gasteiger partial charge in [0.15, 0.2) is 11.5 Å². The molecule has 0 saturated carbocycles. The zero-order chi connectivity index (χ0) is 23.5. The first-order valence-corrected chi connectivity index (χ1v) is 10.4. The first-order valence-electron chi connectivity index (χ1n) is 8.99. The van der Waals surface area contributed by atoms with E-state index in [1.54, 1.807) is 17.1 Å². The minimum Gasteiger partial charge on any atom is -0.493 e. The maximum atomic E-state index is 12.5. The summed E-state index contributed by atoms with van der Waals surface area (Å²) in [7, 11) is -2.79. The van der Waals surface area contributed by atoms with E-state index in [1.807, 2.05) is 6.92 Å². The molecule has 0 atom stereocenters. The van der Waals surface area contributed by atoms with Crippen molar-refractivity contribution in [3.8, 4) is 11.5 Å². The van der Waals surface area contributed by atoms with Crippen molar-refractivity contribution in [3.05, 3.63) is 90.2 Å². The van der Waals surface area contributed by atoms with E-state index in [0.717, 1.165) is 5.56 Å². The van der Waals surface area contributed by atoms with Crippen molar-refractivity contribution in [2.45, 2.75) is 11.8 Å². The molecule has 0 unspecified atom stereocenters. The highest BCUT2D eigenvalue weighted by Crippen LogP contribution is 2.31. The molecule has 0 saturated heterocycles. The molecule has 3 aromatic rings. The quantitative estimate of drug-likeness (QED) is 0.309. The predicted octanol–water partition coefficient (Wildman–Crippen LogP) is 2.23. The topological polar surface area (TPSA) is 161 Å². The van der Waals surface area contributed by atoms with Gasteiger partial charge < -0.3 is 13.9 Å². The van der Waals surface area contributed by atoms with Gasteiger partial charge in [-0.2, -0.15) is 8.42 Å². The number of benzene rings is 2. The van der Waals surface area contributed by atoms with Crippen LogP contribution in [0, 0.1) is 17.0 Å². The zero-order valence-electron chi connectivity index (χ0n) is 16.8. The number of aromatic nitrogens is 2. The van der Waals surface area contributed by atoms with Crippen LogP contribution in [0.5, 0.6) is 11.5 Å². The van der Waals surface area contributed by atoms with E-state index < -0.39 is 32.0 Å². The molecule has 0 aliphatic rings. The lowest BCUT2D eigenvalue weighted by Crippen LogP contribution is -2.25. The van der Waals surface area contributed by atoms with Crippen molar-refractivity contribution in [2.75, 3.05) is 7.11 Å². The molecule has 0 bridgehead atoms. The minimum atomic E-state index is -4.11. The van der Waals surface area contributed by atoms with Gasteiger partial charge in [-0.15, -0.1) is 0 Å². The summed E-state index contributed by atoms with van der Waals surface area (Å²) in [5.74, 6) is 0.0116. The van der Waals surface area contributed by atoms with Crippen LogP contribution in [0.15, 0.2) is 56.9 Å². The number of rotatable bonds is 7. The zero-order valence-corrected chi connectivity index (χ0v) is 17.6. The van der Waals surface area contributed by atoms with Gasteiger partial charge in [0, 0.05) is 0 Å². The highest BCUT2D eigenvalue weighted by atomic mass is 32.2. The summed E-state index contributed by atoms with van der Waals surface area (Å²) < 4.78 is 35.4. The van der Waals surface area contributed by atoms with Crippen molar-refractivity contribution in [2.24, 2.45) is 0 Å². The molecule has 0 aliphatic heterocycles. The molecule has 0 radical (unpaired) electrons. The molecule has 32 heavy (non-hydrogen) atoms. The van der Waals surface area contributed by atoms with Gasteiger partial charge >= 0.3 is 27.1 Å². The second-order valence-electron chi connectivity index (χ2n) is 6.52. The molecule has 0 aliphatic carbocycles. The average molecular weight is 459 g/mol. The summed E-state index contributed by atoms with van der Waals surface area (Å²) in [5.41, 5.74) is -1.84. The second kappa shape index (κ2) is 8.89. The van der Waals surface area contributed by atoms with Crippen molar-refractivity contribution < 1.29 is 22.3 Å². The Bertz CT molecular complexity index is 1420. The van der Waals surface area contributed by atoms with Crippen LogP contribution < -0.4 is 20.2 Å². The molecule has 2 aromatic carbocycles. The number of methoxy groups -OCH3 is 1. The fraction of sp³-hybridized carbons (Fsp3) is 0.100. The SMILES string of the molecule is COc1cc(/C=C/c2[nH]c(=O)[nH]c(=O)c2[N+](=O)[O-])ccc1OS(=O)(=O)c1ccc(C)cc1. The van der Waals surface area contributed by atoms with Crippen LogP contribution in [0.2, 0.25) is 0 Å². The third-order valence-corrected chi connectivity index (χ3v) is 5.52. The normalized spacial score (nSPS) is 11.4. The van der Waals surface area contributed by atoms with Crippen LogP contribution in [0.3, 0.4) is 0 Å². The van der Waals surface area contributed by atoms with Crippen molar-refractivity contribution in [3.63, 3.8) is 0 Å². The van der Waals surface area contributed by atoms with Crippen LogP contribution in [0.4, 0.5) is 5.69 Å². The molecule has 3 rings (SSSR count). The second-order valence-corrected chi connectivity index (χ2v) is 8.07. The van der Waals surface area contributed by atoms with E-state index in [-0.39, 0.29) is 22.1 Å². The Balaban J connectivity index is 1.93. The Morgan fingerprint density at radius 1 is 1.00 bits per heavy atom. The number of nitrogens with zero attached hydrogens (tertiary/aromatic N) is 1. The fourth-order valence-electron chi connectivity index (χ4n) is 2.71. The van der Waals surface area contributed by atoms with E-state index in [9.17, 15) is 28.1 Å². The Morgan fingerprint density at radius 3 is 2.31 bits per heavy atom. The number of aryl methyl sites for hydroxylation is 1. The predicted molar refractivity (Wildman–Crippen MR) is 115 cm³/mol. The molecule has 11 nitrogen and oxygen atoms in total. The Labute approximate surface area is 181 Å². The Hall–Kier alpha value is -4.19. The van der Waals surface area contributed by atoms with Crippen LogP contribution in [-0.4, -0.2) is 30.4 Å². The monoisotopic (exact) mass is 459 g/mol. The molecule has 1 heterocycles. The van der Waals surface area contributed by atoms with Crippen molar-refractivity contribution >= 4 is 28.0 Å². The summed E-state index contributed by atoms with van der Waals surface area (Å²) in [5, 5.41) is 11.1. The molecule has 0 spiro atoms. The summed E-state index contributed by atoms with van der Waals surface area (Å²) in [6.45, 7) is 1.82. The number of aromatic amines is 2. The van der Waals surface area contributed by atoms with Crippen LogP contribution in [0.25, 0.3) is 12.2 Å². The third-order valence-electron chi connectivity index (χ3n) is 4.27. The molecule has 2 N–H and O–H groups in total. The molecule has 12 heteroatoms. The lowest BCUT2D eigenvalue weighted by atomic mass is 10.1. The number of nitrogens with one attached hydrogen (secondary N) is 2. The lowest BCUT2D eigenvalue weighted by molar-refractivity contribution is -0.386. The highest BCUT2D eigenvalue weighted by molar-refractivity contribution is 7.87. The molecule has 1 aromatic heterocycles. The van der Waals surface area contributed by atoms with Crippen LogP contribution in [0.1, 0.15) is 16.8 Å². The van der Waals surface area contributed by atoms with Gasteiger partial charge in [0.25, 0.3) is 0 Å². The summed E-state index contributed by atoms with van der Waals surface area (Å²) in [4.78, 5) is 37.3. The number of nitro groups is 1. The van der Waals surface area contributed by atoms with Gasteiger partial charge in [0.05, 0.1) is 12.0 Å². The van der Waals surface area contributed by atoms with E-state index in [1.165, 1.54) is 49.6 Å². The van der Waals surface area contributed by atoms with Crippen LogP contribution in [-0.2, 0) is 10.1 Å². The molecular weight excluding hydrogens is 442 g/mol. The standard InChI is InChI=1S/C20H17N3O8S/c1-12-3-7-14(8-4-12)32(28,29)31-16-10-6-13(11-17(16)30-2)5-9-15-18(23(26)27)19(24)22-20(25)21-15/h3-11H,1-2H3,(H2,21,22,24,25)/b9-5+. The van der Waals surface area contributed by atoms with E-state index in [0.29, 0.717) is 5.56 Å². The van der Waals surface area contributed by atoms with E-state index in [4.69, 9.17) is 8.92 Å². The summed E-state index contributed by atoms with van der Waals surface area (Å²) in [6, 6.07) is 10.4. The number of ether oxygens (including phenoxy) is 1. The minimum absolute atomic E-state index is 0.0281. The van der Waals surface area contributed by atoms with E-state index in [2.05, 4.69) is 4.98 Å². The molecule has 0 amide bonds. The first kappa shape index (κ1) is 22.5. The maximum Gasteiger partial charge on any atom is 0.357 e. The molecule has 0 fully saturated rings. The fourth-order valence-corrected chi connectivity index (χ4v) is 3.65. The smallest absolute Gasteiger partial charge is 0.357 e. The third kappa shape index (κ3) is 4.92. The Morgan fingerprint density at radius 2 is 1.69 bits per heavy atom. The van der Waals surface area contributed by atoms with Crippen molar-refractivity contribution in [1.82, 2.24) is 9.97 Å². The average Bonchev–Trinajstić information content (AvgIpc) is 2.72. The van der Waals surface area contributed by atoms with E-state index >= 15 is 0 Å². The lowest BCUT2D eigenvalue weighted by Gasteiger charge is -2.11. The van der Waals surface area contributed by atoms with Crippen molar-refractivity contribution in [1.29, 1.82) is 0 Å². The van der Waals surface area contributed by atoms with Gasteiger partial charge in [0.1, 0.15) is 10.6 Å². The number of H-pyrrole nitrogens is 2. The largest absolute Gasteiger partial charge is 0.493 e. The van der Waals surface area contributed by atoms with Gasteiger partial charge in [-0.3, -0.25) is 19.9 Å². The number of hydrogen-bond acceptors (Lipinski definition) is 8. The maximum absolute atomic E-state index is 12.5. The van der Waals surface area contributed by atoms with Gasteiger partial charge in [0.2, 0.25) is 0 Å². The number of hydrogen-bond donors (Lipinski definition) is 2.